The van der Waals surface area contributed by atoms with E-state index in [1.165, 1.54) is 0 Å². The lowest BCUT2D eigenvalue weighted by Crippen LogP contribution is -2.15. The first-order valence-corrected chi connectivity index (χ1v) is 5.38. The summed E-state index contributed by atoms with van der Waals surface area (Å²) >= 11 is 3.43. The van der Waals surface area contributed by atoms with Crippen LogP contribution in [-0.2, 0) is 11.8 Å². The van der Waals surface area contributed by atoms with Gasteiger partial charge in [0.05, 0.1) is 16.4 Å². The Bertz CT molecular complexity index is 268. The van der Waals surface area contributed by atoms with E-state index in [-0.39, 0.29) is 6.04 Å². The largest absolute Gasteiger partial charge is 0.385 e. The van der Waals surface area contributed by atoms with Crippen molar-refractivity contribution in [3.63, 3.8) is 0 Å². The summed E-state index contributed by atoms with van der Waals surface area (Å²) in [4.78, 5) is 0. The number of rotatable bonds is 5. The van der Waals surface area contributed by atoms with Gasteiger partial charge in [0.15, 0.2) is 0 Å². The third kappa shape index (κ3) is 2.80. The average molecular weight is 262 g/mol. The standard InChI is InChI=1S/C9H16BrN3O/c1-13-9(7(10)6-12-13)8(11)4-3-5-14-2/h6,8H,3-5,11H2,1-2H3. The number of methoxy groups -OCH3 is 1. The van der Waals surface area contributed by atoms with Gasteiger partial charge in [-0.25, -0.2) is 0 Å². The zero-order valence-corrected chi connectivity index (χ0v) is 10.1. The van der Waals surface area contributed by atoms with E-state index in [0.29, 0.717) is 0 Å². The van der Waals surface area contributed by atoms with E-state index >= 15 is 0 Å². The molecule has 0 radical (unpaired) electrons. The molecule has 0 amide bonds. The molecule has 1 rings (SSSR count). The van der Waals surface area contributed by atoms with Crippen LogP contribution >= 0.6 is 15.9 Å². The lowest BCUT2D eigenvalue weighted by atomic mass is 10.1. The lowest BCUT2D eigenvalue weighted by molar-refractivity contribution is 0.190. The van der Waals surface area contributed by atoms with Crippen LogP contribution in [0.4, 0.5) is 0 Å². The van der Waals surface area contributed by atoms with Crippen molar-refractivity contribution >= 4 is 15.9 Å². The van der Waals surface area contributed by atoms with Gasteiger partial charge >= 0.3 is 0 Å². The molecule has 0 aliphatic heterocycles. The topological polar surface area (TPSA) is 53.1 Å². The summed E-state index contributed by atoms with van der Waals surface area (Å²) in [5.41, 5.74) is 7.08. The third-order valence-electron chi connectivity index (χ3n) is 2.15. The first-order chi connectivity index (χ1) is 6.66. The van der Waals surface area contributed by atoms with E-state index in [9.17, 15) is 0 Å². The smallest absolute Gasteiger partial charge is 0.0690 e. The van der Waals surface area contributed by atoms with Crippen LogP contribution in [-0.4, -0.2) is 23.5 Å². The SMILES string of the molecule is COCCCC(N)c1c(Br)cnn1C. The van der Waals surface area contributed by atoms with E-state index < -0.39 is 0 Å². The summed E-state index contributed by atoms with van der Waals surface area (Å²) in [5.74, 6) is 0. The molecule has 1 aromatic heterocycles. The molecule has 5 heteroatoms. The molecule has 0 fully saturated rings. The van der Waals surface area contributed by atoms with Crippen molar-refractivity contribution in [2.24, 2.45) is 12.8 Å². The number of nitrogens with two attached hydrogens (primary N) is 1. The molecule has 0 aliphatic carbocycles. The van der Waals surface area contributed by atoms with Crippen molar-refractivity contribution in [2.45, 2.75) is 18.9 Å². The third-order valence-corrected chi connectivity index (χ3v) is 2.76. The highest BCUT2D eigenvalue weighted by molar-refractivity contribution is 9.10. The Morgan fingerprint density at radius 1 is 1.71 bits per heavy atom. The minimum absolute atomic E-state index is 0.0204. The fraction of sp³-hybridized carbons (Fsp3) is 0.667. The molecule has 4 nitrogen and oxygen atoms in total. The predicted octanol–water partition coefficient (Wildman–Crippen LogP) is 1.61. The minimum Gasteiger partial charge on any atom is -0.385 e. The number of aromatic nitrogens is 2. The molecule has 2 N–H and O–H groups in total. The van der Waals surface area contributed by atoms with Gasteiger partial charge in [0.25, 0.3) is 0 Å². The van der Waals surface area contributed by atoms with Crippen LogP contribution in [0.15, 0.2) is 10.7 Å². The fourth-order valence-corrected chi connectivity index (χ4v) is 2.06. The van der Waals surface area contributed by atoms with E-state index in [1.54, 1.807) is 13.3 Å². The lowest BCUT2D eigenvalue weighted by Gasteiger charge is -2.12. The highest BCUT2D eigenvalue weighted by Crippen LogP contribution is 2.23. The van der Waals surface area contributed by atoms with E-state index in [1.807, 2.05) is 11.7 Å². The Balaban J connectivity index is 2.55. The molecule has 0 aromatic carbocycles. The number of hydrogen-bond acceptors (Lipinski definition) is 3. The zero-order chi connectivity index (χ0) is 10.6. The predicted molar refractivity (Wildman–Crippen MR) is 58.9 cm³/mol. The summed E-state index contributed by atoms with van der Waals surface area (Å²) < 4.78 is 7.76. The van der Waals surface area contributed by atoms with E-state index in [0.717, 1.165) is 29.6 Å². The molecule has 0 bridgehead atoms. The first-order valence-electron chi connectivity index (χ1n) is 4.58. The second-order valence-electron chi connectivity index (χ2n) is 3.24. The first kappa shape index (κ1) is 11.7. The van der Waals surface area contributed by atoms with Crippen LogP contribution in [0.3, 0.4) is 0 Å². The van der Waals surface area contributed by atoms with E-state index in [4.69, 9.17) is 10.5 Å². The molecule has 1 heterocycles. The molecule has 0 aliphatic rings. The molecule has 1 atom stereocenters. The van der Waals surface area contributed by atoms with Gasteiger partial charge < -0.3 is 10.5 Å². The molecular weight excluding hydrogens is 246 g/mol. The van der Waals surface area contributed by atoms with Gasteiger partial charge in [-0.15, -0.1) is 0 Å². The minimum atomic E-state index is 0.0204. The summed E-state index contributed by atoms with van der Waals surface area (Å²) in [6, 6.07) is 0.0204. The van der Waals surface area contributed by atoms with Crippen molar-refractivity contribution in [2.75, 3.05) is 13.7 Å². The van der Waals surface area contributed by atoms with Gasteiger partial charge in [-0.1, -0.05) is 0 Å². The van der Waals surface area contributed by atoms with Gasteiger partial charge in [-0.05, 0) is 28.8 Å². The van der Waals surface area contributed by atoms with Crippen molar-refractivity contribution in [1.29, 1.82) is 0 Å². The zero-order valence-electron chi connectivity index (χ0n) is 8.53. The molecule has 0 saturated carbocycles. The maximum Gasteiger partial charge on any atom is 0.0690 e. The summed E-state index contributed by atoms with van der Waals surface area (Å²) in [7, 11) is 3.60. The number of hydrogen-bond donors (Lipinski definition) is 1. The quantitative estimate of drug-likeness (QED) is 0.820. The van der Waals surface area contributed by atoms with Crippen LogP contribution < -0.4 is 5.73 Å². The molecule has 1 aromatic rings. The number of ether oxygens (including phenoxy) is 1. The molecule has 1 unspecified atom stereocenters. The van der Waals surface area contributed by atoms with Crippen molar-refractivity contribution in [3.05, 3.63) is 16.4 Å². The van der Waals surface area contributed by atoms with Gasteiger partial charge in [0.1, 0.15) is 0 Å². The molecule has 0 saturated heterocycles. The average Bonchev–Trinajstić information content (AvgIpc) is 2.46. The van der Waals surface area contributed by atoms with Gasteiger partial charge in [-0.2, -0.15) is 5.10 Å². The second kappa shape index (κ2) is 5.48. The summed E-state index contributed by atoms with van der Waals surface area (Å²) in [5, 5.41) is 4.12. The van der Waals surface area contributed by atoms with Crippen LogP contribution in [0, 0.1) is 0 Å². The van der Waals surface area contributed by atoms with Gasteiger partial charge in [0.2, 0.25) is 0 Å². The van der Waals surface area contributed by atoms with Crippen LogP contribution in [0.5, 0.6) is 0 Å². The maximum absolute atomic E-state index is 6.04. The Morgan fingerprint density at radius 2 is 2.43 bits per heavy atom. The van der Waals surface area contributed by atoms with Gasteiger partial charge in [0, 0.05) is 26.8 Å². The normalized spacial score (nSPS) is 13.1. The van der Waals surface area contributed by atoms with Crippen LogP contribution in [0.25, 0.3) is 0 Å². The van der Waals surface area contributed by atoms with Gasteiger partial charge in [-0.3, -0.25) is 4.68 Å². The fourth-order valence-electron chi connectivity index (χ4n) is 1.42. The second-order valence-corrected chi connectivity index (χ2v) is 4.10. The van der Waals surface area contributed by atoms with Crippen molar-refractivity contribution in [3.8, 4) is 0 Å². The number of aryl methyl sites for hydroxylation is 1. The monoisotopic (exact) mass is 261 g/mol. The van der Waals surface area contributed by atoms with E-state index in [2.05, 4.69) is 21.0 Å². The molecular formula is C9H16BrN3O. The Kier molecular flexibility index (Phi) is 4.57. The van der Waals surface area contributed by atoms with Crippen molar-refractivity contribution in [1.82, 2.24) is 9.78 Å². The van der Waals surface area contributed by atoms with Crippen molar-refractivity contribution < 1.29 is 4.74 Å². The highest BCUT2D eigenvalue weighted by Gasteiger charge is 2.13. The summed E-state index contributed by atoms with van der Waals surface area (Å²) in [6.45, 7) is 0.753. The molecule has 14 heavy (non-hydrogen) atoms. The number of nitrogens with zero attached hydrogens (tertiary/aromatic N) is 2. The molecule has 0 spiro atoms. The number of halogens is 1. The Morgan fingerprint density at radius 3 is 2.93 bits per heavy atom. The van der Waals surface area contributed by atoms with Crippen LogP contribution in [0.1, 0.15) is 24.6 Å². The summed E-state index contributed by atoms with van der Waals surface area (Å²) in [6.07, 6.45) is 3.65. The van der Waals surface area contributed by atoms with Crippen LogP contribution in [0.2, 0.25) is 0 Å². The highest BCUT2D eigenvalue weighted by atomic mass is 79.9. The Hall–Kier alpha value is -0.390. The maximum atomic E-state index is 6.04. The Labute approximate surface area is 92.5 Å². The molecule has 80 valence electrons.